The molecule has 3 rings (SSSR count). The summed E-state index contributed by atoms with van der Waals surface area (Å²) in [6, 6.07) is 1.35. The fraction of sp³-hybridized carbons (Fsp3) is 0.500. The zero-order valence-corrected chi connectivity index (χ0v) is 14.5. The van der Waals surface area contributed by atoms with Crippen LogP contribution in [0.4, 0.5) is 0 Å². The van der Waals surface area contributed by atoms with Crippen LogP contribution in [0.2, 0.25) is 0 Å². The van der Waals surface area contributed by atoms with E-state index in [1.165, 1.54) is 4.52 Å². The van der Waals surface area contributed by atoms with Gasteiger partial charge in [-0.2, -0.15) is 4.98 Å². The van der Waals surface area contributed by atoms with Crippen LogP contribution in [0.15, 0.2) is 6.07 Å². The Bertz CT molecular complexity index is 952. The molecular weight excluding hydrogens is 350 g/mol. The molecule has 0 bridgehead atoms. The Morgan fingerprint density at radius 1 is 1.36 bits per heavy atom. The summed E-state index contributed by atoms with van der Waals surface area (Å²) in [7, 11) is -3.09. The molecule has 2 aromatic heterocycles. The van der Waals surface area contributed by atoms with Crippen LogP contribution >= 0.6 is 0 Å². The molecule has 1 N–H and O–H groups in total. The highest BCUT2D eigenvalue weighted by Crippen LogP contribution is 2.11. The Morgan fingerprint density at radius 2 is 2.12 bits per heavy atom. The maximum Gasteiger partial charge on any atom is 0.378 e. The summed E-state index contributed by atoms with van der Waals surface area (Å²) in [6.45, 7) is 3.07. The zero-order valence-electron chi connectivity index (χ0n) is 13.7. The number of fused-ring (bicyclic) bond motifs is 1. The van der Waals surface area contributed by atoms with Gasteiger partial charge in [-0.3, -0.25) is 4.79 Å². The molecule has 0 aliphatic carbocycles. The SMILES string of the molecule is Cc1cc(C)n2nc(C(=O)OCC(=O)N[C@@H]3CCS(=O)(=O)C3)nc2n1. The average Bonchev–Trinajstić information content (AvgIpc) is 3.08. The summed E-state index contributed by atoms with van der Waals surface area (Å²) in [5.41, 5.74) is 1.50. The van der Waals surface area contributed by atoms with Gasteiger partial charge in [0.15, 0.2) is 16.4 Å². The van der Waals surface area contributed by atoms with Gasteiger partial charge in [-0.1, -0.05) is 0 Å². The van der Waals surface area contributed by atoms with Gasteiger partial charge in [-0.05, 0) is 26.3 Å². The lowest BCUT2D eigenvalue weighted by Crippen LogP contribution is -2.38. The number of rotatable bonds is 4. The van der Waals surface area contributed by atoms with Gasteiger partial charge in [0, 0.05) is 17.4 Å². The van der Waals surface area contributed by atoms with E-state index < -0.39 is 34.4 Å². The number of nitrogens with one attached hydrogen (secondary N) is 1. The Morgan fingerprint density at radius 3 is 2.80 bits per heavy atom. The van der Waals surface area contributed by atoms with E-state index in [0.29, 0.717) is 6.42 Å². The number of hydrogen-bond donors (Lipinski definition) is 1. The van der Waals surface area contributed by atoms with Crippen molar-refractivity contribution in [2.45, 2.75) is 26.3 Å². The highest BCUT2D eigenvalue weighted by Gasteiger charge is 2.29. The zero-order chi connectivity index (χ0) is 18.2. The third-order valence-electron chi connectivity index (χ3n) is 3.73. The second-order valence-corrected chi connectivity index (χ2v) is 8.16. The number of hydrogen-bond acceptors (Lipinski definition) is 8. The maximum absolute atomic E-state index is 12.0. The number of carbonyl (C=O) groups excluding carboxylic acids is 2. The first-order valence-corrected chi connectivity index (χ1v) is 9.43. The van der Waals surface area contributed by atoms with Crippen molar-refractivity contribution in [3.05, 3.63) is 23.3 Å². The number of esters is 1. The van der Waals surface area contributed by atoms with Crippen molar-refractivity contribution in [3.8, 4) is 0 Å². The molecule has 10 nitrogen and oxygen atoms in total. The molecule has 1 aliphatic heterocycles. The summed E-state index contributed by atoms with van der Waals surface area (Å²) in [5, 5.41) is 6.54. The lowest BCUT2D eigenvalue weighted by atomic mass is 10.2. The Labute approximate surface area is 143 Å². The number of amides is 1. The molecule has 3 heterocycles. The van der Waals surface area contributed by atoms with Crippen LogP contribution < -0.4 is 5.32 Å². The predicted molar refractivity (Wildman–Crippen MR) is 85.7 cm³/mol. The average molecular weight is 367 g/mol. The van der Waals surface area contributed by atoms with E-state index in [4.69, 9.17) is 4.74 Å². The smallest absolute Gasteiger partial charge is 0.378 e. The summed E-state index contributed by atoms with van der Waals surface area (Å²) < 4.78 is 29.0. The summed E-state index contributed by atoms with van der Waals surface area (Å²) in [5.74, 6) is -1.39. The van der Waals surface area contributed by atoms with Gasteiger partial charge in [-0.15, -0.1) is 5.10 Å². The third-order valence-corrected chi connectivity index (χ3v) is 5.50. The van der Waals surface area contributed by atoms with Crippen LogP contribution in [0, 0.1) is 13.8 Å². The molecule has 1 amide bonds. The molecule has 0 saturated carbocycles. The molecule has 0 spiro atoms. The third kappa shape index (κ3) is 3.92. The topological polar surface area (TPSA) is 133 Å². The van der Waals surface area contributed by atoms with E-state index in [-0.39, 0.29) is 23.1 Å². The number of aromatic nitrogens is 4. The highest BCUT2D eigenvalue weighted by atomic mass is 32.2. The fourth-order valence-corrected chi connectivity index (χ4v) is 4.30. The van der Waals surface area contributed by atoms with Crippen LogP contribution in [0.5, 0.6) is 0 Å². The first-order chi connectivity index (χ1) is 11.7. The fourth-order valence-electron chi connectivity index (χ4n) is 2.63. The predicted octanol–water partition coefficient (Wildman–Crippen LogP) is -0.799. The van der Waals surface area contributed by atoms with E-state index in [0.717, 1.165) is 11.4 Å². The van der Waals surface area contributed by atoms with E-state index >= 15 is 0 Å². The van der Waals surface area contributed by atoms with E-state index in [9.17, 15) is 18.0 Å². The van der Waals surface area contributed by atoms with E-state index in [1.807, 2.05) is 0 Å². The lowest BCUT2D eigenvalue weighted by molar-refractivity contribution is -0.124. The molecule has 1 saturated heterocycles. The minimum absolute atomic E-state index is 0.0503. The normalized spacial score (nSPS) is 19.0. The molecule has 134 valence electrons. The van der Waals surface area contributed by atoms with Crippen molar-refractivity contribution < 1.29 is 22.7 Å². The van der Waals surface area contributed by atoms with E-state index in [1.54, 1.807) is 19.9 Å². The molecule has 11 heteroatoms. The standard InChI is InChI=1S/C14H17N5O5S/c1-8-5-9(2)19-14(15-8)17-12(18-19)13(21)24-6-11(20)16-10-3-4-25(22,23)7-10/h5,10H,3-4,6-7H2,1-2H3,(H,16,20)/t10-/m1/s1. The number of ether oxygens (including phenoxy) is 1. The molecule has 1 atom stereocenters. The van der Waals surface area contributed by atoms with Gasteiger partial charge in [0.1, 0.15) is 0 Å². The van der Waals surface area contributed by atoms with Gasteiger partial charge in [0.05, 0.1) is 11.5 Å². The van der Waals surface area contributed by atoms with Crippen LogP contribution in [-0.4, -0.2) is 64.0 Å². The van der Waals surface area contributed by atoms with E-state index in [2.05, 4.69) is 20.4 Å². The molecule has 0 radical (unpaired) electrons. The van der Waals surface area contributed by atoms with Crippen molar-refractivity contribution in [3.63, 3.8) is 0 Å². The first-order valence-electron chi connectivity index (χ1n) is 7.61. The number of sulfone groups is 1. The molecule has 1 aliphatic rings. The number of nitrogens with zero attached hydrogens (tertiary/aromatic N) is 4. The van der Waals surface area contributed by atoms with Gasteiger partial charge < -0.3 is 10.1 Å². The molecule has 2 aromatic rings. The van der Waals surface area contributed by atoms with Crippen LogP contribution in [0.25, 0.3) is 5.78 Å². The Balaban J connectivity index is 1.59. The Hall–Kier alpha value is -2.56. The highest BCUT2D eigenvalue weighted by molar-refractivity contribution is 7.91. The second-order valence-electron chi connectivity index (χ2n) is 5.93. The van der Waals surface area contributed by atoms with Gasteiger partial charge in [-0.25, -0.2) is 22.7 Å². The second kappa shape index (κ2) is 6.39. The first kappa shape index (κ1) is 17.3. The summed E-state index contributed by atoms with van der Waals surface area (Å²) in [6.07, 6.45) is 0.361. The van der Waals surface area contributed by atoms with Crippen molar-refractivity contribution in [1.82, 2.24) is 24.9 Å². The van der Waals surface area contributed by atoms with Crippen LogP contribution in [0.1, 0.15) is 28.4 Å². The quantitative estimate of drug-likeness (QED) is 0.695. The summed E-state index contributed by atoms with van der Waals surface area (Å²) in [4.78, 5) is 31.9. The van der Waals surface area contributed by atoms with Crippen LogP contribution in [-0.2, 0) is 19.4 Å². The van der Waals surface area contributed by atoms with Crippen molar-refractivity contribution >= 4 is 27.5 Å². The van der Waals surface area contributed by atoms with Crippen molar-refractivity contribution in [2.75, 3.05) is 18.1 Å². The molecule has 25 heavy (non-hydrogen) atoms. The lowest BCUT2D eigenvalue weighted by Gasteiger charge is -2.10. The Kier molecular flexibility index (Phi) is 4.41. The molecular formula is C14H17N5O5S. The number of carbonyl (C=O) groups is 2. The van der Waals surface area contributed by atoms with Gasteiger partial charge in [0.2, 0.25) is 0 Å². The number of aryl methyl sites for hydroxylation is 2. The monoisotopic (exact) mass is 367 g/mol. The van der Waals surface area contributed by atoms with Crippen LogP contribution in [0.3, 0.4) is 0 Å². The molecule has 0 aromatic carbocycles. The minimum Gasteiger partial charge on any atom is -0.450 e. The molecule has 1 fully saturated rings. The molecule has 0 unspecified atom stereocenters. The maximum atomic E-state index is 12.0. The van der Waals surface area contributed by atoms with Crippen molar-refractivity contribution in [1.29, 1.82) is 0 Å². The van der Waals surface area contributed by atoms with Crippen molar-refractivity contribution in [2.24, 2.45) is 0 Å². The summed E-state index contributed by atoms with van der Waals surface area (Å²) >= 11 is 0. The largest absolute Gasteiger partial charge is 0.450 e. The minimum atomic E-state index is -3.09. The van der Waals surface area contributed by atoms with Gasteiger partial charge in [0.25, 0.3) is 17.5 Å². The van der Waals surface area contributed by atoms with Gasteiger partial charge >= 0.3 is 5.97 Å².